The first kappa shape index (κ1) is 14.0. The maximum absolute atomic E-state index is 12.3. The normalized spacial score (nSPS) is 14.0. The molecule has 0 saturated carbocycles. The van der Waals surface area contributed by atoms with E-state index < -0.39 is 0 Å². The van der Waals surface area contributed by atoms with Crippen LogP contribution in [-0.2, 0) is 0 Å². The van der Waals surface area contributed by atoms with Crippen molar-refractivity contribution in [2.45, 2.75) is 0 Å². The third-order valence-electron chi connectivity index (χ3n) is 3.60. The van der Waals surface area contributed by atoms with Crippen molar-refractivity contribution in [3.63, 3.8) is 0 Å². The van der Waals surface area contributed by atoms with Gasteiger partial charge in [-0.15, -0.1) is 0 Å². The summed E-state index contributed by atoms with van der Waals surface area (Å²) in [5.41, 5.74) is 3.27. The second-order valence-corrected chi connectivity index (χ2v) is 6.25. The molecule has 1 aliphatic rings. The third-order valence-corrected chi connectivity index (χ3v) is 4.49. The Morgan fingerprint density at radius 1 is 1.22 bits per heavy atom. The summed E-state index contributed by atoms with van der Waals surface area (Å²) in [4.78, 5) is 21.1. The molecule has 0 fully saturated rings. The van der Waals surface area contributed by atoms with E-state index in [1.165, 1.54) is 0 Å². The monoisotopic (exact) mass is 322 g/mol. The van der Waals surface area contributed by atoms with Crippen LogP contribution in [0.1, 0.15) is 10.4 Å². The van der Waals surface area contributed by atoms with Gasteiger partial charge < -0.3 is 9.72 Å². The summed E-state index contributed by atoms with van der Waals surface area (Å²) in [6.07, 6.45) is 3.82. The number of fused-ring (bicyclic) bond motifs is 1. The Morgan fingerprint density at radius 2 is 2.09 bits per heavy atom. The van der Waals surface area contributed by atoms with Crippen molar-refractivity contribution >= 4 is 28.5 Å². The molecule has 1 aromatic carbocycles. The van der Waals surface area contributed by atoms with Gasteiger partial charge in [0, 0.05) is 29.3 Å². The first-order chi connectivity index (χ1) is 11.3. The molecule has 23 heavy (non-hydrogen) atoms. The standard InChI is InChI=1S/C17H14N4OS/c22-16(20-17-18-7-9-23-17)13-6-8-21-11-14(19-15(21)10-13)12-4-2-1-3-5-12/h1-6,8,10-11H,7,9H2,(H,18,20,22). The molecule has 0 bridgehead atoms. The van der Waals surface area contributed by atoms with E-state index in [1.807, 2.05) is 47.1 Å². The number of thioether (sulfide) groups is 1. The molecule has 0 aliphatic carbocycles. The molecular formula is C17H14N4OS. The summed E-state index contributed by atoms with van der Waals surface area (Å²) in [7, 11) is 0. The summed E-state index contributed by atoms with van der Waals surface area (Å²) in [6, 6.07) is 13.6. The SMILES string of the molecule is O=C(NC1=NCCS1)c1ccn2cc(-c3ccccc3)nc2c1. The van der Waals surface area contributed by atoms with Crippen molar-refractivity contribution in [1.82, 2.24) is 14.7 Å². The number of amides is 1. The summed E-state index contributed by atoms with van der Waals surface area (Å²) in [5.74, 6) is 0.778. The van der Waals surface area contributed by atoms with Crippen molar-refractivity contribution in [3.05, 3.63) is 60.4 Å². The molecule has 1 amide bonds. The lowest BCUT2D eigenvalue weighted by atomic mass is 10.2. The van der Waals surface area contributed by atoms with Crippen LogP contribution in [0.2, 0.25) is 0 Å². The number of nitrogens with zero attached hydrogens (tertiary/aromatic N) is 3. The number of aliphatic imine (C=N–C) groups is 1. The fraction of sp³-hybridized carbons (Fsp3) is 0.118. The van der Waals surface area contributed by atoms with Crippen LogP contribution in [-0.4, -0.2) is 32.8 Å². The van der Waals surface area contributed by atoms with E-state index in [2.05, 4.69) is 15.3 Å². The summed E-state index contributed by atoms with van der Waals surface area (Å²) < 4.78 is 1.92. The Labute approximate surface area is 137 Å². The van der Waals surface area contributed by atoms with Gasteiger partial charge >= 0.3 is 0 Å². The topological polar surface area (TPSA) is 58.8 Å². The molecule has 0 radical (unpaired) electrons. The van der Waals surface area contributed by atoms with Crippen LogP contribution < -0.4 is 5.32 Å². The molecule has 6 heteroatoms. The number of imidazole rings is 1. The minimum absolute atomic E-state index is 0.148. The van der Waals surface area contributed by atoms with E-state index in [4.69, 9.17) is 0 Å². The first-order valence-electron chi connectivity index (χ1n) is 7.32. The minimum atomic E-state index is -0.148. The molecule has 0 saturated heterocycles. The van der Waals surface area contributed by atoms with E-state index in [0.29, 0.717) is 10.7 Å². The Bertz CT molecular complexity index is 901. The smallest absolute Gasteiger partial charge is 0.257 e. The lowest BCUT2D eigenvalue weighted by Crippen LogP contribution is -2.27. The fourth-order valence-corrected chi connectivity index (χ4v) is 3.17. The van der Waals surface area contributed by atoms with Crippen LogP contribution in [0.5, 0.6) is 0 Å². The van der Waals surface area contributed by atoms with Crippen molar-refractivity contribution in [2.24, 2.45) is 4.99 Å². The summed E-state index contributed by atoms with van der Waals surface area (Å²) in [5, 5.41) is 3.53. The van der Waals surface area contributed by atoms with E-state index in [0.717, 1.165) is 29.2 Å². The van der Waals surface area contributed by atoms with Gasteiger partial charge in [0.15, 0.2) is 5.17 Å². The number of hydrogen-bond donors (Lipinski definition) is 1. The Kier molecular flexibility index (Phi) is 3.59. The van der Waals surface area contributed by atoms with Gasteiger partial charge in [0.25, 0.3) is 5.91 Å². The summed E-state index contributed by atoms with van der Waals surface area (Å²) in [6.45, 7) is 0.764. The van der Waals surface area contributed by atoms with E-state index >= 15 is 0 Å². The van der Waals surface area contributed by atoms with Gasteiger partial charge in [-0.3, -0.25) is 9.79 Å². The van der Waals surface area contributed by atoms with Crippen molar-refractivity contribution < 1.29 is 4.79 Å². The van der Waals surface area contributed by atoms with Gasteiger partial charge in [-0.25, -0.2) is 4.98 Å². The predicted octanol–water partition coefficient (Wildman–Crippen LogP) is 2.83. The zero-order chi connectivity index (χ0) is 15.6. The zero-order valence-corrected chi connectivity index (χ0v) is 13.1. The number of rotatable bonds is 2. The largest absolute Gasteiger partial charge is 0.306 e. The summed E-state index contributed by atoms with van der Waals surface area (Å²) >= 11 is 1.57. The third kappa shape index (κ3) is 2.85. The van der Waals surface area contributed by atoms with Crippen molar-refractivity contribution in [1.29, 1.82) is 0 Å². The van der Waals surface area contributed by atoms with E-state index in [1.54, 1.807) is 23.9 Å². The first-order valence-corrected chi connectivity index (χ1v) is 8.31. The number of hydrogen-bond acceptors (Lipinski definition) is 4. The number of carbonyl (C=O) groups is 1. The number of nitrogens with one attached hydrogen (secondary N) is 1. The molecule has 0 spiro atoms. The average molecular weight is 322 g/mol. The molecule has 0 atom stereocenters. The molecule has 1 aliphatic heterocycles. The maximum atomic E-state index is 12.3. The van der Waals surface area contributed by atoms with Crippen LogP contribution in [0.4, 0.5) is 0 Å². The number of benzene rings is 1. The van der Waals surface area contributed by atoms with Crippen LogP contribution in [0, 0.1) is 0 Å². The highest BCUT2D eigenvalue weighted by molar-refractivity contribution is 8.14. The highest BCUT2D eigenvalue weighted by Crippen LogP contribution is 2.19. The minimum Gasteiger partial charge on any atom is -0.306 e. The number of pyridine rings is 1. The molecular weight excluding hydrogens is 308 g/mol. The van der Waals surface area contributed by atoms with E-state index in [-0.39, 0.29) is 5.91 Å². The molecule has 114 valence electrons. The quantitative estimate of drug-likeness (QED) is 0.789. The Balaban J connectivity index is 1.64. The number of carbonyl (C=O) groups excluding carboxylic acids is 1. The van der Waals surface area contributed by atoms with Crippen molar-refractivity contribution in [3.8, 4) is 11.3 Å². The van der Waals surface area contributed by atoms with Gasteiger partial charge in [-0.1, -0.05) is 42.1 Å². The number of amidine groups is 1. The Hall–Kier alpha value is -2.60. The van der Waals surface area contributed by atoms with Gasteiger partial charge in [0.1, 0.15) is 5.65 Å². The second-order valence-electron chi connectivity index (χ2n) is 5.16. The van der Waals surface area contributed by atoms with Crippen molar-refractivity contribution in [2.75, 3.05) is 12.3 Å². The van der Waals surface area contributed by atoms with Gasteiger partial charge in [0.05, 0.1) is 12.2 Å². The van der Waals surface area contributed by atoms with Gasteiger partial charge in [-0.05, 0) is 12.1 Å². The number of aromatic nitrogens is 2. The molecule has 3 aromatic rings. The molecule has 2 aromatic heterocycles. The van der Waals surface area contributed by atoms with Crippen LogP contribution in [0.25, 0.3) is 16.9 Å². The van der Waals surface area contributed by atoms with Crippen LogP contribution in [0.3, 0.4) is 0 Å². The second kappa shape index (κ2) is 5.89. The molecule has 0 unspecified atom stereocenters. The van der Waals surface area contributed by atoms with Gasteiger partial charge in [-0.2, -0.15) is 0 Å². The molecule has 5 nitrogen and oxygen atoms in total. The lowest BCUT2D eigenvalue weighted by molar-refractivity contribution is 0.0978. The molecule has 4 rings (SSSR count). The maximum Gasteiger partial charge on any atom is 0.257 e. The fourth-order valence-electron chi connectivity index (χ4n) is 2.45. The highest BCUT2D eigenvalue weighted by atomic mass is 32.2. The lowest BCUT2D eigenvalue weighted by Gasteiger charge is -2.04. The van der Waals surface area contributed by atoms with Crippen LogP contribution >= 0.6 is 11.8 Å². The van der Waals surface area contributed by atoms with E-state index in [9.17, 15) is 4.79 Å². The highest BCUT2D eigenvalue weighted by Gasteiger charge is 2.13. The zero-order valence-electron chi connectivity index (χ0n) is 12.3. The Morgan fingerprint density at radius 3 is 2.87 bits per heavy atom. The van der Waals surface area contributed by atoms with Gasteiger partial charge in [0.2, 0.25) is 0 Å². The average Bonchev–Trinajstić information content (AvgIpc) is 3.24. The molecule has 3 heterocycles. The molecule has 1 N–H and O–H groups in total. The van der Waals surface area contributed by atoms with Crippen LogP contribution in [0.15, 0.2) is 59.9 Å². The predicted molar refractivity (Wildman–Crippen MR) is 92.9 cm³/mol.